The van der Waals surface area contributed by atoms with Gasteiger partial charge in [-0.3, -0.25) is 0 Å². The standard InChI is InChI=1S/C11H16F2N2/c1-8-6-9(12)11(10(13)7-8)14-4-5-15(2)3/h6-7,14H,4-5H2,1-3H3. The molecule has 1 aromatic rings. The highest BCUT2D eigenvalue weighted by Gasteiger charge is 2.08. The van der Waals surface area contributed by atoms with Gasteiger partial charge >= 0.3 is 0 Å². The molecule has 0 aromatic heterocycles. The maximum atomic E-state index is 13.3. The van der Waals surface area contributed by atoms with Crippen LogP contribution in [0.2, 0.25) is 0 Å². The molecule has 0 fully saturated rings. The second-order valence-corrected chi connectivity index (χ2v) is 3.83. The van der Waals surface area contributed by atoms with Crippen LogP contribution in [0.5, 0.6) is 0 Å². The van der Waals surface area contributed by atoms with Crippen LogP contribution in [-0.2, 0) is 0 Å². The third-order valence-corrected chi connectivity index (χ3v) is 2.05. The van der Waals surface area contributed by atoms with E-state index in [9.17, 15) is 8.78 Å². The van der Waals surface area contributed by atoms with E-state index in [0.717, 1.165) is 6.54 Å². The van der Waals surface area contributed by atoms with E-state index in [1.54, 1.807) is 6.92 Å². The van der Waals surface area contributed by atoms with Gasteiger partial charge in [-0.05, 0) is 38.7 Å². The van der Waals surface area contributed by atoms with E-state index in [4.69, 9.17) is 0 Å². The zero-order valence-electron chi connectivity index (χ0n) is 9.27. The van der Waals surface area contributed by atoms with Gasteiger partial charge in [0.05, 0.1) is 0 Å². The first-order chi connectivity index (χ1) is 7.00. The minimum Gasteiger partial charge on any atom is -0.379 e. The SMILES string of the molecule is Cc1cc(F)c(NCCN(C)C)c(F)c1. The lowest BCUT2D eigenvalue weighted by molar-refractivity contribution is 0.424. The largest absolute Gasteiger partial charge is 0.379 e. The van der Waals surface area contributed by atoms with Gasteiger partial charge in [0, 0.05) is 13.1 Å². The fourth-order valence-corrected chi connectivity index (χ4v) is 1.27. The molecule has 0 heterocycles. The molecule has 4 heteroatoms. The molecule has 0 aliphatic rings. The van der Waals surface area contributed by atoms with E-state index in [1.807, 2.05) is 19.0 Å². The highest BCUT2D eigenvalue weighted by Crippen LogP contribution is 2.19. The van der Waals surface area contributed by atoms with Crippen LogP contribution in [0.3, 0.4) is 0 Å². The molecule has 0 radical (unpaired) electrons. The minimum absolute atomic E-state index is 0.0394. The van der Waals surface area contributed by atoms with Crippen molar-refractivity contribution in [3.63, 3.8) is 0 Å². The summed E-state index contributed by atoms with van der Waals surface area (Å²) in [6.45, 7) is 2.91. The summed E-state index contributed by atoms with van der Waals surface area (Å²) in [7, 11) is 3.81. The minimum atomic E-state index is -0.536. The Labute approximate surface area is 88.9 Å². The molecule has 1 N–H and O–H groups in total. The number of nitrogens with one attached hydrogen (secondary N) is 1. The Bertz CT molecular complexity index is 314. The summed E-state index contributed by atoms with van der Waals surface area (Å²) in [6, 6.07) is 2.64. The monoisotopic (exact) mass is 214 g/mol. The van der Waals surface area contributed by atoms with Gasteiger partial charge < -0.3 is 10.2 Å². The van der Waals surface area contributed by atoms with Crippen molar-refractivity contribution in [2.45, 2.75) is 6.92 Å². The second kappa shape index (κ2) is 5.07. The van der Waals surface area contributed by atoms with Gasteiger partial charge in [-0.15, -0.1) is 0 Å². The number of rotatable bonds is 4. The number of nitrogens with zero attached hydrogens (tertiary/aromatic N) is 1. The van der Waals surface area contributed by atoms with Crippen molar-refractivity contribution in [2.75, 3.05) is 32.5 Å². The topological polar surface area (TPSA) is 15.3 Å². The van der Waals surface area contributed by atoms with E-state index in [0.29, 0.717) is 12.1 Å². The van der Waals surface area contributed by atoms with Crippen LogP contribution in [-0.4, -0.2) is 32.1 Å². The maximum absolute atomic E-state index is 13.3. The van der Waals surface area contributed by atoms with Crippen molar-refractivity contribution in [3.8, 4) is 0 Å². The predicted molar refractivity (Wildman–Crippen MR) is 58.1 cm³/mol. The molecule has 0 aliphatic carbocycles. The molecule has 0 aliphatic heterocycles. The number of aryl methyl sites for hydroxylation is 1. The third-order valence-electron chi connectivity index (χ3n) is 2.05. The number of hydrogen-bond donors (Lipinski definition) is 1. The van der Waals surface area contributed by atoms with Crippen LogP contribution >= 0.6 is 0 Å². The van der Waals surface area contributed by atoms with Crippen LogP contribution in [0.25, 0.3) is 0 Å². The van der Waals surface area contributed by atoms with Gasteiger partial charge in [-0.2, -0.15) is 0 Å². The molecule has 1 aromatic carbocycles. The molecule has 0 saturated heterocycles. The maximum Gasteiger partial charge on any atom is 0.149 e. The third kappa shape index (κ3) is 3.47. The van der Waals surface area contributed by atoms with Crippen molar-refractivity contribution in [2.24, 2.45) is 0 Å². The number of anilines is 1. The van der Waals surface area contributed by atoms with E-state index < -0.39 is 11.6 Å². The Morgan fingerprint density at radius 3 is 2.20 bits per heavy atom. The van der Waals surface area contributed by atoms with E-state index in [1.165, 1.54) is 12.1 Å². The number of hydrogen-bond acceptors (Lipinski definition) is 2. The molecular formula is C11H16F2N2. The highest BCUT2D eigenvalue weighted by atomic mass is 19.1. The van der Waals surface area contributed by atoms with Crippen LogP contribution in [0.1, 0.15) is 5.56 Å². The van der Waals surface area contributed by atoms with Crippen molar-refractivity contribution in [1.29, 1.82) is 0 Å². The molecule has 0 spiro atoms. The lowest BCUT2D eigenvalue weighted by atomic mass is 10.2. The van der Waals surface area contributed by atoms with Crippen molar-refractivity contribution < 1.29 is 8.78 Å². The highest BCUT2D eigenvalue weighted by molar-refractivity contribution is 5.47. The predicted octanol–water partition coefficient (Wildman–Crippen LogP) is 2.25. The second-order valence-electron chi connectivity index (χ2n) is 3.83. The summed E-state index contributed by atoms with van der Waals surface area (Å²) < 4.78 is 26.6. The summed E-state index contributed by atoms with van der Waals surface area (Å²) in [6.07, 6.45) is 0. The summed E-state index contributed by atoms with van der Waals surface area (Å²) in [5, 5.41) is 2.75. The lowest BCUT2D eigenvalue weighted by Gasteiger charge is -2.12. The smallest absolute Gasteiger partial charge is 0.149 e. The summed E-state index contributed by atoms with van der Waals surface area (Å²) in [4.78, 5) is 1.94. The van der Waals surface area contributed by atoms with Crippen LogP contribution < -0.4 is 5.32 Å². The van der Waals surface area contributed by atoms with Crippen LogP contribution in [0.15, 0.2) is 12.1 Å². The van der Waals surface area contributed by atoms with Crippen LogP contribution in [0.4, 0.5) is 14.5 Å². The molecular weight excluding hydrogens is 198 g/mol. The summed E-state index contributed by atoms with van der Waals surface area (Å²) in [5.41, 5.74) is 0.547. The van der Waals surface area contributed by atoms with Crippen LogP contribution in [0, 0.1) is 18.6 Å². The Hall–Kier alpha value is -1.16. The zero-order valence-corrected chi connectivity index (χ0v) is 9.27. The number of likely N-dealkylation sites (N-methyl/N-ethyl adjacent to an activating group) is 1. The molecule has 0 unspecified atom stereocenters. The van der Waals surface area contributed by atoms with Crippen molar-refractivity contribution in [3.05, 3.63) is 29.3 Å². The molecule has 0 bridgehead atoms. The van der Waals surface area contributed by atoms with E-state index in [-0.39, 0.29) is 5.69 Å². The van der Waals surface area contributed by atoms with Gasteiger partial charge in [-0.1, -0.05) is 0 Å². The van der Waals surface area contributed by atoms with E-state index >= 15 is 0 Å². The molecule has 0 amide bonds. The van der Waals surface area contributed by atoms with E-state index in [2.05, 4.69) is 5.32 Å². The Kier molecular flexibility index (Phi) is 4.03. The molecule has 2 nitrogen and oxygen atoms in total. The fraction of sp³-hybridized carbons (Fsp3) is 0.455. The first kappa shape index (κ1) is 11.9. The van der Waals surface area contributed by atoms with Gasteiger partial charge in [-0.25, -0.2) is 8.78 Å². The molecule has 0 saturated carbocycles. The van der Waals surface area contributed by atoms with Crippen molar-refractivity contribution in [1.82, 2.24) is 4.90 Å². The Balaban J connectivity index is 2.68. The first-order valence-corrected chi connectivity index (χ1v) is 4.85. The average molecular weight is 214 g/mol. The van der Waals surface area contributed by atoms with Gasteiger partial charge in [0.1, 0.15) is 17.3 Å². The van der Waals surface area contributed by atoms with Gasteiger partial charge in [0.15, 0.2) is 0 Å². The van der Waals surface area contributed by atoms with Crippen molar-refractivity contribution >= 4 is 5.69 Å². The average Bonchev–Trinajstić information content (AvgIpc) is 2.08. The zero-order chi connectivity index (χ0) is 11.4. The summed E-state index contributed by atoms with van der Waals surface area (Å²) in [5.74, 6) is -1.07. The molecule has 0 atom stereocenters. The Morgan fingerprint density at radius 2 is 1.73 bits per heavy atom. The quantitative estimate of drug-likeness (QED) is 0.827. The van der Waals surface area contributed by atoms with Gasteiger partial charge in [0.25, 0.3) is 0 Å². The molecule has 15 heavy (non-hydrogen) atoms. The normalized spacial score (nSPS) is 10.8. The molecule has 1 rings (SSSR count). The number of benzene rings is 1. The van der Waals surface area contributed by atoms with Gasteiger partial charge in [0.2, 0.25) is 0 Å². The first-order valence-electron chi connectivity index (χ1n) is 4.85. The fourth-order valence-electron chi connectivity index (χ4n) is 1.27. The molecule has 84 valence electrons. The summed E-state index contributed by atoms with van der Waals surface area (Å²) >= 11 is 0. The Morgan fingerprint density at radius 1 is 1.20 bits per heavy atom. The lowest BCUT2D eigenvalue weighted by Crippen LogP contribution is -2.21. The number of halogens is 2.